The van der Waals surface area contributed by atoms with Crippen molar-refractivity contribution in [3.05, 3.63) is 182 Å². The number of fused-ring (bicyclic) bond motifs is 4. The molecule has 254 valence electrons. The number of rotatable bonds is 6. The van der Waals surface area contributed by atoms with Crippen molar-refractivity contribution in [1.29, 1.82) is 0 Å². The number of para-hydroxylation sites is 2. The molecule has 4 aliphatic rings. The zero-order valence-electron chi connectivity index (χ0n) is 29.8. The number of benzene rings is 6. The first-order valence-electron chi connectivity index (χ1n) is 19.1. The summed E-state index contributed by atoms with van der Waals surface area (Å²) in [6, 6.07) is 57.1. The third-order valence-electron chi connectivity index (χ3n) is 12.6. The smallest absolute Gasteiger partial charge is 0.131 e. The normalized spacial score (nSPS) is 23.5. The maximum Gasteiger partial charge on any atom is 0.131 e. The van der Waals surface area contributed by atoms with Crippen molar-refractivity contribution in [2.45, 2.75) is 43.7 Å². The van der Waals surface area contributed by atoms with Gasteiger partial charge in [0.05, 0.1) is 11.0 Å². The lowest BCUT2D eigenvalue weighted by molar-refractivity contribution is 0.319. The molecule has 11 rings (SSSR count). The fourth-order valence-electron chi connectivity index (χ4n) is 10.2. The minimum Gasteiger partial charge on any atom is -0.310 e. The molecule has 1 fully saturated rings. The third-order valence-corrected chi connectivity index (χ3v) is 18.4. The van der Waals surface area contributed by atoms with Gasteiger partial charge in [0, 0.05) is 33.5 Å². The highest BCUT2D eigenvalue weighted by atomic mass is 28.3. The van der Waals surface area contributed by atoms with Crippen LogP contribution in [0, 0.1) is 18.8 Å². The summed E-state index contributed by atoms with van der Waals surface area (Å²) in [5.41, 5.74) is 9.61. The molecule has 0 N–H and O–H groups in total. The lowest BCUT2D eigenvalue weighted by Crippen LogP contribution is -2.65. The van der Waals surface area contributed by atoms with Gasteiger partial charge in [-0.25, -0.2) is 0 Å². The minimum absolute atomic E-state index is 0.574. The van der Waals surface area contributed by atoms with E-state index >= 15 is 0 Å². The van der Waals surface area contributed by atoms with E-state index in [-0.39, 0.29) is 0 Å². The van der Waals surface area contributed by atoms with E-state index in [0.717, 1.165) is 23.2 Å². The molecule has 6 aromatic carbocycles. The zero-order chi connectivity index (χ0) is 34.6. The Labute approximate surface area is 308 Å². The topological polar surface area (TPSA) is 8.17 Å². The van der Waals surface area contributed by atoms with Gasteiger partial charge in [-0.05, 0) is 116 Å². The van der Waals surface area contributed by atoms with Gasteiger partial charge in [-0.1, -0.05) is 131 Å². The largest absolute Gasteiger partial charge is 0.310 e. The van der Waals surface area contributed by atoms with E-state index in [4.69, 9.17) is 0 Å². The van der Waals surface area contributed by atoms with Crippen molar-refractivity contribution in [3.8, 4) is 5.69 Å². The summed E-state index contributed by atoms with van der Waals surface area (Å²) in [6.45, 7) is 2.16. The molecule has 3 heterocycles. The number of anilines is 3. The summed E-state index contributed by atoms with van der Waals surface area (Å²) in [6.07, 6.45) is 15.7. The molecule has 4 bridgehead atoms. The van der Waals surface area contributed by atoms with E-state index in [9.17, 15) is 0 Å². The summed E-state index contributed by atoms with van der Waals surface area (Å²) in [4.78, 5) is 2.40. The Morgan fingerprint density at radius 2 is 1.21 bits per heavy atom. The van der Waals surface area contributed by atoms with Gasteiger partial charge in [-0.15, -0.1) is 0 Å². The number of aryl methyl sites for hydroxylation is 1. The molecule has 2 aliphatic heterocycles. The maximum absolute atomic E-state index is 2.68. The van der Waals surface area contributed by atoms with Gasteiger partial charge in [0.2, 0.25) is 0 Å². The molecule has 52 heavy (non-hydrogen) atoms. The Morgan fingerprint density at radius 3 is 1.94 bits per heavy atom. The van der Waals surface area contributed by atoms with Gasteiger partial charge in [0.15, 0.2) is 0 Å². The number of hydrogen-bond donors (Lipinski definition) is 0. The quantitative estimate of drug-likeness (QED) is 0.125. The molecule has 5 atom stereocenters. The van der Waals surface area contributed by atoms with Crippen molar-refractivity contribution >= 4 is 57.3 Å². The second-order valence-electron chi connectivity index (χ2n) is 15.3. The van der Waals surface area contributed by atoms with Crippen molar-refractivity contribution < 1.29 is 0 Å². The van der Waals surface area contributed by atoms with E-state index in [0.29, 0.717) is 11.1 Å². The van der Waals surface area contributed by atoms with Crippen LogP contribution in [0.1, 0.15) is 31.2 Å². The van der Waals surface area contributed by atoms with Gasteiger partial charge in [0.1, 0.15) is 8.07 Å². The van der Waals surface area contributed by atoms with Gasteiger partial charge in [0.25, 0.3) is 0 Å². The number of aromatic nitrogens is 1. The summed E-state index contributed by atoms with van der Waals surface area (Å²) < 4.78 is 2.48. The SMILES string of the molecule is Cc1ccc(N(c2ccccc2)c2ccc3c(c2)c2cc([Si]4(c5ccccc5)C5C=C[C@@H](CC5)C5CC=CC4C5)ccc2n3-c2ccccc2)cc1. The van der Waals surface area contributed by atoms with Crippen molar-refractivity contribution in [2.75, 3.05) is 4.90 Å². The van der Waals surface area contributed by atoms with Crippen molar-refractivity contribution in [2.24, 2.45) is 11.8 Å². The number of nitrogens with zero attached hydrogens (tertiary/aromatic N) is 2. The molecule has 0 saturated carbocycles. The van der Waals surface area contributed by atoms with Gasteiger partial charge >= 0.3 is 0 Å². The van der Waals surface area contributed by atoms with Crippen molar-refractivity contribution in [3.63, 3.8) is 0 Å². The molecule has 2 nitrogen and oxygen atoms in total. The van der Waals surface area contributed by atoms with Crippen LogP contribution in [0.4, 0.5) is 17.1 Å². The molecule has 0 spiro atoms. The van der Waals surface area contributed by atoms with Crippen molar-refractivity contribution in [1.82, 2.24) is 4.57 Å². The first kappa shape index (κ1) is 31.4. The molecule has 0 amide bonds. The van der Waals surface area contributed by atoms with Gasteiger partial charge in [-0.3, -0.25) is 0 Å². The fraction of sp³-hybridized carbons (Fsp3) is 0.184. The van der Waals surface area contributed by atoms with Gasteiger partial charge in [-0.2, -0.15) is 0 Å². The highest BCUT2D eigenvalue weighted by Crippen LogP contribution is 2.52. The Kier molecular flexibility index (Phi) is 7.65. The van der Waals surface area contributed by atoms with Crippen LogP contribution in [-0.2, 0) is 0 Å². The molecule has 2 aliphatic carbocycles. The molecule has 4 unspecified atom stereocenters. The minimum atomic E-state index is -2.34. The summed E-state index contributed by atoms with van der Waals surface area (Å²) in [5.74, 6) is 1.48. The van der Waals surface area contributed by atoms with E-state index < -0.39 is 8.07 Å². The summed E-state index contributed by atoms with van der Waals surface area (Å²) in [5, 5.41) is 5.80. The van der Waals surface area contributed by atoms with E-state index in [1.807, 2.05) is 0 Å². The Balaban J connectivity index is 1.25. The van der Waals surface area contributed by atoms with Crippen LogP contribution in [0.25, 0.3) is 27.5 Å². The third kappa shape index (κ3) is 4.98. The first-order chi connectivity index (χ1) is 25.7. The Bertz CT molecular complexity index is 2450. The van der Waals surface area contributed by atoms with Crippen LogP contribution in [0.5, 0.6) is 0 Å². The van der Waals surface area contributed by atoms with Crippen LogP contribution in [0.3, 0.4) is 0 Å². The number of allylic oxidation sites excluding steroid dienone is 4. The maximum atomic E-state index is 2.68. The monoisotopic (exact) mass is 688 g/mol. The zero-order valence-corrected chi connectivity index (χ0v) is 30.8. The predicted molar refractivity (Wildman–Crippen MR) is 223 cm³/mol. The predicted octanol–water partition coefficient (Wildman–Crippen LogP) is 11.8. The van der Waals surface area contributed by atoms with Crippen LogP contribution < -0.4 is 15.3 Å². The van der Waals surface area contributed by atoms with Gasteiger partial charge < -0.3 is 9.47 Å². The average molecular weight is 689 g/mol. The summed E-state index contributed by atoms with van der Waals surface area (Å²) in [7, 11) is -2.34. The molecular formula is C49H44N2Si. The van der Waals surface area contributed by atoms with Crippen LogP contribution >= 0.6 is 0 Å². The lowest BCUT2D eigenvalue weighted by atomic mass is 9.77. The second kappa shape index (κ2) is 12.7. The molecule has 0 radical (unpaired) electrons. The van der Waals surface area contributed by atoms with Crippen LogP contribution in [0.2, 0.25) is 11.1 Å². The highest BCUT2D eigenvalue weighted by Gasteiger charge is 2.52. The standard InChI is InChI=1S/C49H44N2Si/c1-35-20-24-40(25-21-35)50(38-13-5-2-6-14-38)41-26-30-48-46(33-41)47-34-45(29-31-49(47)51(48)39-15-7-3-8-16-39)52(42-17-9-4-10-18-42)43-27-22-36(23-28-43)37-12-11-19-44(52)32-37/h2-11,13-22,24-27,29-31,33-34,36-37,43-44H,12,23,28,32H2,1H3/t36-,37?,43?,44?,52?/m0/s1. The lowest BCUT2D eigenvalue weighted by Gasteiger charge is -2.51. The van der Waals surface area contributed by atoms with Crippen LogP contribution in [0.15, 0.2) is 176 Å². The fourth-order valence-corrected chi connectivity index (χ4v) is 16.4. The number of hydrogen-bond acceptors (Lipinski definition) is 1. The van der Waals surface area contributed by atoms with E-state index in [2.05, 4.69) is 192 Å². The Hall–Kier alpha value is -5.38. The molecule has 3 heteroatoms. The molecular weight excluding hydrogens is 645 g/mol. The first-order valence-corrected chi connectivity index (χ1v) is 21.3. The average Bonchev–Trinajstić information content (AvgIpc) is 3.53. The second-order valence-corrected chi connectivity index (χ2v) is 19.7. The van der Waals surface area contributed by atoms with Crippen LogP contribution in [-0.4, -0.2) is 12.6 Å². The molecule has 7 aromatic rings. The van der Waals surface area contributed by atoms with E-state index in [1.165, 1.54) is 64.4 Å². The molecule has 1 saturated heterocycles. The summed E-state index contributed by atoms with van der Waals surface area (Å²) >= 11 is 0. The molecule has 1 aromatic heterocycles. The Morgan fingerprint density at radius 1 is 0.558 bits per heavy atom. The van der Waals surface area contributed by atoms with E-state index in [1.54, 1.807) is 10.4 Å². The highest BCUT2D eigenvalue weighted by molar-refractivity contribution is 7.05.